The minimum absolute atomic E-state index is 0.0827. The first kappa shape index (κ1) is 9.39. The Balaban J connectivity index is 3.18. The second-order valence-electron chi connectivity index (χ2n) is 2.43. The number of alkyl halides is 3. The van der Waals surface area contributed by atoms with E-state index in [1.165, 1.54) is 6.20 Å². The van der Waals surface area contributed by atoms with Crippen LogP contribution in [0.15, 0.2) is 12.3 Å². The number of aromatic nitrogens is 1. The predicted octanol–water partition coefficient (Wildman–Crippen LogP) is 3.07. The summed E-state index contributed by atoms with van der Waals surface area (Å²) in [5.41, 5.74) is 0.995. The smallest absolute Gasteiger partial charge is 0.255 e. The molecule has 0 atom stereocenters. The van der Waals surface area contributed by atoms with E-state index < -0.39 is 6.43 Å². The molecule has 0 saturated heterocycles. The summed E-state index contributed by atoms with van der Waals surface area (Å²) in [6.45, 7) is 1.74. The number of pyridine rings is 1. The van der Waals surface area contributed by atoms with Crippen LogP contribution in [0.5, 0.6) is 0 Å². The first-order valence-corrected chi connectivity index (χ1v) is 3.98. The number of nitrogens with zero attached hydrogens (tertiary/aromatic N) is 1. The lowest BCUT2D eigenvalue weighted by molar-refractivity contribution is 0.145. The van der Waals surface area contributed by atoms with Crippen molar-refractivity contribution in [2.24, 2.45) is 0 Å². The van der Waals surface area contributed by atoms with E-state index in [9.17, 15) is 8.78 Å². The highest BCUT2D eigenvalue weighted by Gasteiger charge is 2.14. The molecular formula is C8H8ClF2N. The quantitative estimate of drug-likeness (QED) is 0.655. The maximum atomic E-state index is 12.3. The van der Waals surface area contributed by atoms with Gasteiger partial charge in [0.1, 0.15) is 5.69 Å². The molecular weight excluding hydrogens is 184 g/mol. The van der Waals surface area contributed by atoms with E-state index >= 15 is 0 Å². The van der Waals surface area contributed by atoms with Gasteiger partial charge in [0.05, 0.1) is 0 Å². The number of halogens is 3. The van der Waals surface area contributed by atoms with Crippen molar-refractivity contribution in [2.75, 3.05) is 0 Å². The van der Waals surface area contributed by atoms with E-state index in [4.69, 9.17) is 11.6 Å². The average molecular weight is 192 g/mol. The number of rotatable bonds is 2. The Hall–Kier alpha value is -0.700. The molecule has 4 heteroatoms. The summed E-state index contributed by atoms with van der Waals surface area (Å²) in [5.74, 6) is 0.0827. The molecule has 12 heavy (non-hydrogen) atoms. The lowest BCUT2D eigenvalue weighted by Gasteiger charge is -2.06. The van der Waals surface area contributed by atoms with Crippen molar-refractivity contribution in [2.45, 2.75) is 19.2 Å². The molecule has 0 aliphatic heterocycles. The molecule has 0 unspecified atom stereocenters. The predicted molar refractivity (Wildman–Crippen MR) is 43.5 cm³/mol. The fourth-order valence-electron chi connectivity index (χ4n) is 0.972. The van der Waals surface area contributed by atoms with Crippen LogP contribution in [0.1, 0.15) is 23.2 Å². The average Bonchev–Trinajstić information content (AvgIpc) is 2.03. The summed E-state index contributed by atoms with van der Waals surface area (Å²) >= 11 is 5.51. The van der Waals surface area contributed by atoms with Crippen LogP contribution >= 0.6 is 11.6 Å². The number of hydrogen-bond acceptors (Lipinski definition) is 1. The molecule has 1 aromatic heterocycles. The summed E-state index contributed by atoms with van der Waals surface area (Å²) in [6, 6.07) is 1.67. The van der Waals surface area contributed by atoms with Crippen LogP contribution in [0.25, 0.3) is 0 Å². The Kier molecular flexibility index (Phi) is 2.98. The van der Waals surface area contributed by atoms with Crippen LogP contribution < -0.4 is 0 Å². The van der Waals surface area contributed by atoms with Gasteiger partial charge in [-0.15, -0.1) is 11.6 Å². The summed E-state index contributed by atoms with van der Waals surface area (Å²) in [7, 11) is 0. The fourth-order valence-corrected chi connectivity index (χ4v) is 1.32. The van der Waals surface area contributed by atoms with Crippen LogP contribution in [-0.2, 0) is 5.88 Å². The highest BCUT2D eigenvalue weighted by molar-refractivity contribution is 6.17. The van der Waals surface area contributed by atoms with E-state index in [1.807, 2.05) is 0 Å². The Morgan fingerprint density at radius 1 is 1.58 bits per heavy atom. The molecule has 0 spiro atoms. The molecule has 0 N–H and O–H groups in total. The van der Waals surface area contributed by atoms with Crippen molar-refractivity contribution >= 4 is 11.6 Å². The topological polar surface area (TPSA) is 12.9 Å². The van der Waals surface area contributed by atoms with Gasteiger partial charge in [0.15, 0.2) is 0 Å². The molecule has 0 radical (unpaired) electrons. The lowest BCUT2D eigenvalue weighted by Crippen LogP contribution is -1.98. The van der Waals surface area contributed by atoms with Gasteiger partial charge in [-0.2, -0.15) is 0 Å². The van der Waals surface area contributed by atoms with Crippen molar-refractivity contribution < 1.29 is 8.78 Å². The van der Waals surface area contributed by atoms with Gasteiger partial charge < -0.3 is 0 Å². The summed E-state index contributed by atoms with van der Waals surface area (Å²) in [4.78, 5) is 3.58. The first-order chi connectivity index (χ1) is 5.66. The van der Waals surface area contributed by atoms with Crippen molar-refractivity contribution in [1.29, 1.82) is 0 Å². The molecule has 0 aliphatic carbocycles. The minimum atomic E-state index is -2.54. The zero-order chi connectivity index (χ0) is 9.14. The third-order valence-corrected chi connectivity index (χ3v) is 1.93. The van der Waals surface area contributed by atoms with Gasteiger partial charge in [-0.05, 0) is 24.1 Å². The van der Waals surface area contributed by atoms with Gasteiger partial charge in [-0.1, -0.05) is 0 Å². The van der Waals surface area contributed by atoms with Gasteiger partial charge >= 0.3 is 0 Å². The highest BCUT2D eigenvalue weighted by atomic mass is 35.5. The summed E-state index contributed by atoms with van der Waals surface area (Å²) in [6.07, 6.45) is -1.17. The standard InChI is InChI=1S/C8H8ClF2N/c1-5-2-3-12-7(8(10)11)6(5)4-9/h2-3,8H,4H2,1H3. The SMILES string of the molecule is Cc1ccnc(C(F)F)c1CCl. The van der Waals surface area contributed by atoms with Crippen molar-refractivity contribution in [3.8, 4) is 0 Å². The van der Waals surface area contributed by atoms with E-state index in [0.29, 0.717) is 5.56 Å². The fraction of sp³-hybridized carbons (Fsp3) is 0.375. The van der Waals surface area contributed by atoms with Crippen LogP contribution in [0.3, 0.4) is 0 Å². The Bertz CT molecular complexity index is 276. The van der Waals surface area contributed by atoms with Crippen LogP contribution in [0, 0.1) is 6.92 Å². The van der Waals surface area contributed by atoms with Gasteiger partial charge in [-0.25, -0.2) is 8.78 Å². The maximum Gasteiger partial charge on any atom is 0.280 e. The summed E-state index contributed by atoms with van der Waals surface area (Å²) < 4.78 is 24.5. The van der Waals surface area contributed by atoms with E-state index in [1.54, 1.807) is 13.0 Å². The summed E-state index contributed by atoms with van der Waals surface area (Å²) in [5, 5.41) is 0. The lowest BCUT2D eigenvalue weighted by atomic mass is 10.1. The van der Waals surface area contributed by atoms with Crippen LogP contribution in [0.4, 0.5) is 8.78 Å². The first-order valence-electron chi connectivity index (χ1n) is 3.45. The molecule has 0 bridgehead atoms. The van der Waals surface area contributed by atoms with Gasteiger partial charge in [0, 0.05) is 12.1 Å². The molecule has 1 aromatic rings. The Labute approximate surface area is 74.4 Å². The molecule has 0 aromatic carbocycles. The Morgan fingerprint density at radius 2 is 2.25 bits per heavy atom. The van der Waals surface area contributed by atoms with Crippen molar-refractivity contribution in [1.82, 2.24) is 4.98 Å². The van der Waals surface area contributed by atoms with E-state index in [0.717, 1.165) is 5.56 Å². The normalized spacial score (nSPS) is 10.8. The molecule has 1 heterocycles. The van der Waals surface area contributed by atoms with Crippen LogP contribution in [0.2, 0.25) is 0 Å². The molecule has 0 amide bonds. The number of hydrogen-bond donors (Lipinski definition) is 0. The zero-order valence-corrected chi connectivity index (χ0v) is 7.28. The molecule has 0 fully saturated rings. The third kappa shape index (κ3) is 1.72. The number of aryl methyl sites for hydroxylation is 1. The van der Waals surface area contributed by atoms with Crippen LogP contribution in [-0.4, -0.2) is 4.98 Å². The van der Waals surface area contributed by atoms with E-state index in [-0.39, 0.29) is 11.6 Å². The molecule has 0 aliphatic rings. The monoisotopic (exact) mass is 191 g/mol. The molecule has 0 saturated carbocycles. The van der Waals surface area contributed by atoms with Gasteiger partial charge in [0.25, 0.3) is 6.43 Å². The largest absolute Gasteiger partial charge is 0.280 e. The third-order valence-electron chi connectivity index (χ3n) is 1.66. The minimum Gasteiger partial charge on any atom is -0.255 e. The maximum absolute atomic E-state index is 12.3. The van der Waals surface area contributed by atoms with Gasteiger partial charge in [0.2, 0.25) is 0 Å². The van der Waals surface area contributed by atoms with E-state index in [2.05, 4.69) is 4.98 Å². The molecule has 1 rings (SSSR count). The highest BCUT2D eigenvalue weighted by Crippen LogP contribution is 2.23. The van der Waals surface area contributed by atoms with Crippen molar-refractivity contribution in [3.63, 3.8) is 0 Å². The molecule has 1 nitrogen and oxygen atoms in total. The second kappa shape index (κ2) is 3.81. The zero-order valence-electron chi connectivity index (χ0n) is 6.52. The van der Waals surface area contributed by atoms with Crippen molar-refractivity contribution in [3.05, 3.63) is 29.1 Å². The molecule has 66 valence electrons. The second-order valence-corrected chi connectivity index (χ2v) is 2.69. The Morgan fingerprint density at radius 3 is 2.67 bits per heavy atom. The van der Waals surface area contributed by atoms with Gasteiger partial charge in [-0.3, -0.25) is 4.98 Å².